The van der Waals surface area contributed by atoms with E-state index in [1.54, 1.807) is 0 Å². The van der Waals surface area contributed by atoms with Crippen LogP contribution in [-0.4, -0.2) is 18.9 Å². The lowest BCUT2D eigenvalue weighted by Gasteiger charge is -2.47. The van der Waals surface area contributed by atoms with Crippen LogP contribution in [0.2, 0.25) is 5.02 Å². The lowest BCUT2D eigenvalue weighted by atomic mass is 9.72. The number of aliphatic imine (C=N–C) groups is 1. The van der Waals surface area contributed by atoms with Gasteiger partial charge >= 0.3 is 0 Å². The van der Waals surface area contributed by atoms with Crippen molar-refractivity contribution in [3.63, 3.8) is 0 Å². The number of rotatable bonds is 2. The second-order valence-corrected chi connectivity index (χ2v) is 6.57. The van der Waals surface area contributed by atoms with Gasteiger partial charge in [-0.05, 0) is 35.7 Å². The molecule has 2 aromatic rings. The summed E-state index contributed by atoms with van der Waals surface area (Å²) >= 11 is 6.05. The van der Waals surface area contributed by atoms with E-state index >= 15 is 0 Å². The minimum absolute atomic E-state index is 0.132. The highest BCUT2D eigenvalue weighted by atomic mass is 35.5. The summed E-state index contributed by atoms with van der Waals surface area (Å²) in [5.41, 5.74) is 3.84. The minimum Gasteiger partial charge on any atom is -0.343 e. The van der Waals surface area contributed by atoms with Gasteiger partial charge in [0.05, 0.1) is 12.0 Å². The van der Waals surface area contributed by atoms with Crippen molar-refractivity contribution in [3.05, 3.63) is 64.7 Å². The third-order valence-electron chi connectivity index (χ3n) is 4.54. The molecule has 1 spiro atoms. The predicted molar refractivity (Wildman–Crippen MR) is 91.7 cm³/mol. The van der Waals surface area contributed by atoms with Gasteiger partial charge in [0.2, 0.25) is 0 Å². The molecule has 1 saturated heterocycles. The van der Waals surface area contributed by atoms with Crippen LogP contribution in [0.3, 0.4) is 0 Å². The molecule has 0 bridgehead atoms. The van der Waals surface area contributed by atoms with Gasteiger partial charge in [0.1, 0.15) is 5.84 Å². The van der Waals surface area contributed by atoms with E-state index in [-0.39, 0.29) is 5.41 Å². The maximum atomic E-state index is 6.05. The molecule has 0 aliphatic carbocycles. The predicted octanol–water partition coefficient (Wildman–Crippen LogP) is 3.50. The molecule has 2 aliphatic rings. The molecule has 0 unspecified atom stereocenters. The summed E-state index contributed by atoms with van der Waals surface area (Å²) < 4.78 is 0. The Hall–Kier alpha value is -1.84. The van der Waals surface area contributed by atoms with Crippen LogP contribution in [0.15, 0.2) is 53.5 Å². The topological polar surface area (TPSA) is 36.4 Å². The Morgan fingerprint density at radius 3 is 2.73 bits per heavy atom. The first-order valence-electron chi connectivity index (χ1n) is 7.60. The van der Waals surface area contributed by atoms with Crippen LogP contribution >= 0.6 is 11.6 Å². The first kappa shape index (κ1) is 13.8. The van der Waals surface area contributed by atoms with Crippen LogP contribution in [0.1, 0.15) is 11.1 Å². The van der Waals surface area contributed by atoms with Crippen molar-refractivity contribution in [2.45, 2.75) is 13.0 Å². The number of hydrogen-bond donors (Lipinski definition) is 2. The van der Waals surface area contributed by atoms with Crippen molar-refractivity contribution in [3.8, 4) is 0 Å². The Morgan fingerprint density at radius 1 is 1.09 bits per heavy atom. The van der Waals surface area contributed by atoms with Crippen LogP contribution in [0, 0.1) is 5.41 Å². The van der Waals surface area contributed by atoms with Gasteiger partial charge < -0.3 is 10.6 Å². The van der Waals surface area contributed by atoms with Gasteiger partial charge in [0.25, 0.3) is 0 Å². The molecule has 22 heavy (non-hydrogen) atoms. The molecule has 2 N–H and O–H groups in total. The summed E-state index contributed by atoms with van der Waals surface area (Å²) in [6.07, 6.45) is 1.05. The fourth-order valence-electron chi connectivity index (χ4n) is 3.24. The van der Waals surface area contributed by atoms with Crippen LogP contribution in [-0.2, 0) is 13.0 Å². The highest BCUT2D eigenvalue weighted by molar-refractivity contribution is 6.30. The number of benzene rings is 2. The van der Waals surface area contributed by atoms with E-state index in [0.717, 1.165) is 35.9 Å². The summed E-state index contributed by atoms with van der Waals surface area (Å²) in [5, 5.41) is 7.71. The maximum Gasteiger partial charge on any atom is 0.110 e. The zero-order chi connectivity index (χ0) is 15.0. The monoisotopic (exact) mass is 311 g/mol. The first-order chi connectivity index (χ1) is 10.8. The molecule has 0 radical (unpaired) electrons. The highest BCUT2D eigenvalue weighted by Gasteiger charge is 2.45. The standard InChI is InChI=1S/C18H18ClN3/c19-15-6-3-4-13(8-15)10-21-17-18(11-20-12-18)9-14-5-1-2-7-16(14)22-17/h1-8,20H,9-12H2,(H,21,22). The number of halogens is 1. The third kappa shape index (κ3) is 2.40. The van der Waals surface area contributed by atoms with E-state index in [9.17, 15) is 0 Å². The average molecular weight is 312 g/mol. The number of nitrogens with zero attached hydrogens (tertiary/aromatic N) is 1. The number of amidine groups is 1. The van der Waals surface area contributed by atoms with E-state index in [4.69, 9.17) is 16.6 Å². The summed E-state index contributed by atoms with van der Waals surface area (Å²) in [5.74, 6) is 1.10. The lowest BCUT2D eigenvalue weighted by molar-refractivity contribution is 0.261. The second kappa shape index (κ2) is 5.41. The number of nitrogens with one attached hydrogen (secondary N) is 2. The molecule has 0 saturated carbocycles. The van der Waals surface area contributed by atoms with Gasteiger partial charge in [-0.15, -0.1) is 0 Å². The molecule has 4 heteroatoms. The first-order valence-corrected chi connectivity index (χ1v) is 7.98. The number of fused-ring (bicyclic) bond motifs is 1. The lowest BCUT2D eigenvalue weighted by Crippen LogP contribution is -2.62. The summed E-state index contributed by atoms with van der Waals surface area (Å²) in [6.45, 7) is 2.64. The highest BCUT2D eigenvalue weighted by Crippen LogP contribution is 2.37. The SMILES string of the molecule is Clc1cccc(CN=C2Nc3ccccc3CC23CNC3)c1. The number of para-hydroxylation sites is 1. The van der Waals surface area contributed by atoms with Crippen molar-refractivity contribution >= 4 is 23.1 Å². The Morgan fingerprint density at radius 2 is 1.95 bits per heavy atom. The molecule has 2 aliphatic heterocycles. The fourth-order valence-corrected chi connectivity index (χ4v) is 3.45. The Bertz CT molecular complexity index is 735. The summed E-state index contributed by atoms with van der Waals surface area (Å²) in [7, 11) is 0. The van der Waals surface area contributed by atoms with Crippen molar-refractivity contribution in [2.24, 2.45) is 10.4 Å². The minimum atomic E-state index is 0.132. The molecule has 0 atom stereocenters. The fraction of sp³-hybridized carbons (Fsp3) is 0.278. The van der Waals surface area contributed by atoms with E-state index in [1.165, 1.54) is 11.3 Å². The van der Waals surface area contributed by atoms with Gasteiger partial charge in [-0.25, -0.2) is 0 Å². The average Bonchev–Trinajstić information content (AvgIpc) is 2.50. The molecule has 1 fully saturated rings. The molecule has 2 heterocycles. The normalized spacial score (nSPS) is 20.3. The molecule has 112 valence electrons. The Kier molecular flexibility index (Phi) is 3.40. The summed E-state index contributed by atoms with van der Waals surface area (Å²) in [4.78, 5) is 4.88. The van der Waals surface area contributed by atoms with Gasteiger partial charge in [0, 0.05) is 23.8 Å². The van der Waals surface area contributed by atoms with Crippen LogP contribution in [0.4, 0.5) is 5.69 Å². The Labute approximate surface area is 135 Å². The molecule has 0 amide bonds. The van der Waals surface area contributed by atoms with Crippen molar-refractivity contribution in [1.82, 2.24) is 5.32 Å². The molecule has 4 rings (SSSR count). The molecular formula is C18H18ClN3. The quantitative estimate of drug-likeness (QED) is 0.890. The molecule has 0 aromatic heterocycles. The van der Waals surface area contributed by atoms with E-state index in [0.29, 0.717) is 6.54 Å². The Balaban J connectivity index is 1.63. The van der Waals surface area contributed by atoms with Crippen molar-refractivity contribution in [1.29, 1.82) is 0 Å². The number of anilines is 1. The van der Waals surface area contributed by atoms with Crippen LogP contribution < -0.4 is 10.6 Å². The van der Waals surface area contributed by atoms with Crippen molar-refractivity contribution < 1.29 is 0 Å². The van der Waals surface area contributed by atoms with Crippen LogP contribution in [0.5, 0.6) is 0 Å². The maximum absolute atomic E-state index is 6.05. The smallest absolute Gasteiger partial charge is 0.110 e. The molecule has 2 aromatic carbocycles. The zero-order valence-electron chi connectivity index (χ0n) is 12.3. The van der Waals surface area contributed by atoms with Crippen LogP contribution in [0.25, 0.3) is 0 Å². The molecule has 3 nitrogen and oxygen atoms in total. The van der Waals surface area contributed by atoms with Gasteiger partial charge in [0.15, 0.2) is 0 Å². The van der Waals surface area contributed by atoms with Crippen molar-refractivity contribution in [2.75, 3.05) is 18.4 Å². The third-order valence-corrected chi connectivity index (χ3v) is 4.77. The van der Waals surface area contributed by atoms with Gasteiger partial charge in [-0.3, -0.25) is 4.99 Å². The largest absolute Gasteiger partial charge is 0.343 e. The number of hydrogen-bond acceptors (Lipinski definition) is 2. The van der Waals surface area contributed by atoms with Gasteiger partial charge in [-0.2, -0.15) is 0 Å². The van der Waals surface area contributed by atoms with Gasteiger partial charge in [-0.1, -0.05) is 41.9 Å². The van der Waals surface area contributed by atoms with E-state index < -0.39 is 0 Å². The molecular weight excluding hydrogens is 294 g/mol. The zero-order valence-corrected chi connectivity index (χ0v) is 13.0. The van der Waals surface area contributed by atoms with E-state index in [2.05, 4.69) is 41.0 Å². The second-order valence-electron chi connectivity index (χ2n) is 6.14. The summed E-state index contributed by atoms with van der Waals surface area (Å²) in [6, 6.07) is 16.4. The van der Waals surface area contributed by atoms with E-state index in [1.807, 2.05) is 18.2 Å².